The average molecular weight is 729 g/mol. The van der Waals surface area contributed by atoms with E-state index in [1.54, 1.807) is 0 Å². The lowest BCUT2D eigenvalue weighted by molar-refractivity contribution is 0.466. The van der Waals surface area contributed by atoms with Gasteiger partial charge < -0.3 is 18.6 Å². The maximum absolute atomic E-state index is 7.05. The lowest BCUT2D eigenvalue weighted by atomic mass is 10.0. The fourth-order valence-corrected chi connectivity index (χ4v) is 13.3. The zero-order chi connectivity index (χ0) is 35.5. The van der Waals surface area contributed by atoms with Crippen LogP contribution in [0.25, 0.3) is 66.1 Å². The Morgan fingerprint density at radius 1 is 0.370 bits per heavy atom. The average Bonchev–Trinajstić information content (AvgIpc) is 3.74. The fraction of sp³-hybridized carbons (Fsp3) is 0. The first kappa shape index (κ1) is 30.1. The van der Waals surface area contributed by atoms with Gasteiger partial charge in [-0.1, -0.05) is 115 Å². The van der Waals surface area contributed by atoms with Crippen LogP contribution in [0, 0.1) is 0 Å². The molecule has 4 nitrogen and oxygen atoms in total. The van der Waals surface area contributed by atoms with Crippen molar-refractivity contribution in [2.45, 2.75) is 0 Å². The first-order valence-corrected chi connectivity index (χ1v) is 20.9. The van der Waals surface area contributed by atoms with Gasteiger partial charge >= 0.3 is 0 Å². The highest BCUT2D eigenvalue weighted by molar-refractivity contribution is 8.26. The quantitative estimate of drug-likeness (QED) is 0.170. The zero-order valence-electron chi connectivity index (χ0n) is 28.8. The molecule has 10 aromatic rings. The Bertz CT molecular complexity index is 2970. The molecule has 6 heteroatoms. The lowest BCUT2D eigenvalue weighted by Crippen LogP contribution is -2.35. The largest absolute Gasteiger partial charge is 0.456 e. The van der Waals surface area contributed by atoms with Crippen molar-refractivity contribution in [3.05, 3.63) is 176 Å². The van der Waals surface area contributed by atoms with E-state index < -0.39 is 6.04 Å². The van der Waals surface area contributed by atoms with E-state index in [-0.39, 0.29) is 0 Å². The van der Waals surface area contributed by atoms with E-state index in [1.807, 2.05) is 6.07 Å². The molecular formula is C48H29N2O2PS. The molecule has 12 rings (SSSR count). The summed E-state index contributed by atoms with van der Waals surface area (Å²) >= 11 is 7.05. The van der Waals surface area contributed by atoms with Crippen molar-refractivity contribution in [2.24, 2.45) is 0 Å². The summed E-state index contributed by atoms with van der Waals surface area (Å²) in [6.07, 6.45) is 0. The molecule has 0 radical (unpaired) electrons. The van der Waals surface area contributed by atoms with Crippen molar-refractivity contribution in [1.82, 2.24) is 9.13 Å². The molecule has 0 atom stereocenters. The van der Waals surface area contributed by atoms with Crippen molar-refractivity contribution in [3.63, 3.8) is 0 Å². The molecule has 2 aliphatic rings. The van der Waals surface area contributed by atoms with Crippen molar-refractivity contribution in [2.75, 3.05) is 0 Å². The third-order valence-corrected chi connectivity index (χ3v) is 16.0. The Labute approximate surface area is 316 Å². The smallest absolute Gasteiger partial charge is 0.140 e. The van der Waals surface area contributed by atoms with E-state index in [0.29, 0.717) is 0 Å². The van der Waals surface area contributed by atoms with Crippen LogP contribution in [0.5, 0.6) is 23.0 Å². The highest BCUT2D eigenvalue weighted by Crippen LogP contribution is 2.59. The second-order valence-electron chi connectivity index (χ2n) is 14.0. The molecule has 0 saturated heterocycles. The molecule has 0 fully saturated rings. The number of rotatable bonds is 3. The Morgan fingerprint density at radius 2 is 0.759 bits per heavy atom. The van der Waals surface area contributed by atoms with Crippen molar-refractivity contribution >= 4 is 77.4 Å². The van der Waals surface area contributed by atoms with E-state index in [2.05, 4.69) is 179 Å². The van der Waals surface area contributed by atoms with E-state index in [0.717, 1.165) is 83.5 Å². The molecule has 0 N–H and O–H groups in total. The summed E-state index contributed by atoms with van der Waals surface area (Å²) in [6, 6.07) is 59.6. The minimum Gasteiger partial charge on any atom is -0.456 e. The van der Waals surface area contributed by atoms with Crippen LogP contribution in [0.1, 0.15) is 0 Å². The van der Waals surface area contributed by atoms with Gasteiger partial charge in [-0.05, 0) is 71.8 Å². The first-order valence-electron chi connectivity index (χ1n) is 18.1. The predicted octanol–water partition coefficient (Wildman–Crippen LogP) is 11.5. The van der Waals surface area contributed by atoms with Gasteiger partial charge in [0.15, 0.2) is 0 Å². The minimum absolute atomic E-state index is 0.763. The van der Waals surface area contributed by atoms with Gasteiger partial charge in [0.1, 0.15) is 23.0 Å². The third-order valence-electron chi connectivity index (χ3n) is 11.1. The minimum atomic E-state index is -2.65. The second-order valence-corrected chi connectivity index (χ2v) is 18.3. The Balaban J connectivity index is 1.10. The maximum atomic E-state index is 7.05. The molecule has 0 spiro atoms. The number of ether oxygens (including phenoxy) is 2. The van der Waals surface area contributed by atoms with Gasteiger partial charge in [0.25, 0.3) is 0 Å². The summed E-state index contributed by atoms with van der Waals surface area (Å²) in [6.45, 7) is 0. The first-order chi connectivity index (χ1) is 26.6. The van der Waals surface area contributed by atoms with E-state index in [9.17, 15) is 0 Å². The molecule has 54 heavy (non-hydrogen) atoms. The SMILES string of the molecule is S=P12c3ccc(-n4c5ccccc5c5ccccc54)cc3Oc3cc(-c4ccccc4)cc(c31)Oc1cc(-n3c4ccccc4c4ccccc43)ccc12. The lowest BCUT2D eigenvalue weighted by Gasteiger charge is -2.38. The van der Waals surface area contributed by atoms with Gasteiger partial charge in [-0.2, -0.15) is 0 Å². The molecule has 8 aromatic carbocycles. The summed E-state index contributed by atoms with van der Waals surface area (Å²) in [5, 5.41) is 7.94. The van der Waals surface area contributed by atoms with E-state index >= 15 is 0 Å². The summed E-state index contributed by atoms with van der Waals surface area (Å²) in [4.78, 5) is 0. The topological polar surface area (TPSA) is 28.3 Å². The van der Waals surface area contributed by atoms with Crippen LogP contribution in [-0.2, 0) is 11.8 Å². The van der Waals surface area contributed by atoms with Gasteiger partial charge in [-0.25, -0.2) is 0 Å². The van der Waals surface area contributed by atoms with Crippen LogP contribution in [-0.4, -0.2) is 9.13 Å². The fourth-order valence-electron chi connectivity index (χ4n) is 8.82. The van der Waals surface area contributed by atoms with Crippen LogP contribution in [0.4, 0.5) is 0 Å². The van der Waals surface area contributed by atoms with Crippen molar-refractivity contribution in [1.29, 1.82) is 0 Å². The maximum Gasteiger partial charge on any atom is 0.140 e. The summed E-state index contributed by atoms with van der Waals surface area (Å²) in [5.74, 6) is 3.11. The Kier molecular flexibility index (Phi) is 6.17. The van der Waals surface area contributed by atoms with Crippen LogP contribution < -0.4 is 25.4 Å². The number of fused-ring (bicyclic) bond motifs is 10. The third kappa shape index (κ3) is 4.06. The summed E-state index contributed by atoms with van der Waals surface area (Å²) in [5.41, 5.74) is 8.79. The highest BCUT2D eigenvalue weighted by atomic mass is 32.4. The number of benzene rings is 8. The van der Waals surface area contributed by atoms with E-state index in [4.69, 9.17) is 21.3 Å². The van der Waals surface area contributed by atoms with Crippen molar-refractivity contribution < 1.29 is 9.47 Å². The van der Waals surface area contributed by atoms with Crippen LogP contribution in [0.3, 0.4) is 0 Å². The Morgan fingerprint density at radius 3 is 1.19 bits per heavy atom. The zero-order valence-corrected chi connectivity index (χ0v) is 30.5. The number of hydrogen-bond donors (Lipinski definition) is 0. The molecule has 0 aliphatic carbocycles. The number of aromatic nitrogens is 2. The van der Waals surface area contributed by atoms with Crippen molar-refractivity contribution in [3.8, 4) is 45.5 Å². The van der Waals surface area contributed by atoms with Gasteiger partial charge in [0, 0.05) is 55.7 Å². The molecule has 2 aromatic heterocycles. The number of nitrogens with zero attached hydrogens (tertiary/aromatic N) is 2. The van der Waals surface area contributed by atoms with Gasteiger partial charge in [0.05, 0.1) is 33.4 Å². The van der Waals surface area contributed by atoms with Gasteiger partial charge in [0.2, 0.25) is 0 Å². The molecular weight excluding hydrogens is 700 g/mol. The van der Waals surface area contributed by atoms with Crippen LogP contribution in [0.15, 0.2) is 176 Å². The normalized spacial score (nSPS) is 13.7. The second kappa shape index (κ2) is 11.1. The summed E-state index contributed by atoms with van der Waals surface area (Å²) in [7, 11) is 0. The highest BCUT2D eigenvalue weighted by Gasteiger charge is 2.43. The van der Waals surface area contributed by atoms with Gasteiger partial charge in [-0.3, -0.25) is 0 Å². The van der Waals surface area contributed by atoms with E-state index in [1.165, 1.54) is 21.5 Å². The molecule has 0 saturated carbocycles. The molecule has 0 amide bonds. The van der Waals surface area contributed by atoms with Crippen LogP contribution in [0.2, 0.25) is 0 Å². The molecule has 254 valence electrons. The number of hydrogen-bond acceptors (Lipinski definition) is 3. The molecule has 0 bridgehead atoms. The number of para-hydroxylation sites is 4. The molecule has 0 unspecified atom stereocenters. The molecule has 4 heterocycles. The Hall–Kier alpha value is -6.39. The van der Waals surface area contributed by atoms with Crippen LogP contribution >= 0.6 is 6.04 Å². The standard InChI is InChI=1S/C48H29N2O2PS/c54-53-46-24-22-32(49-38-18-8-4-14-34(38)35-15-5-9-19-39(35)49)28-42(46)51-44-26-31(30-12-2-1-3-13-30)27-45(48(44)53)52-43-29-33(23-25-47(43)53)50-40-20-10-6-16-36(40)37-17-7-11-21-41(37)50/h1-29H. The monoisotopic (exact) mass is 728 g/mol. The summed E-state index contributed by atoms with van der Waals surface area (Å²) < 4.78 is 18.6. The molecule has 2 aliphatic heterocycles. The van der Waals surface area contributed by atoms with Gasteiger partial charge in [-0.15, -0.1) is 0 Å². The predicted molar refractivity (Wildman–Crippen MR) is 227 cm³/mol.